The van der Waals surface area contributed by atoms with Gasteiger partial charge in [-0.25, -0.2) is 0 Å². The van der Waals surface area contributed by atoms with E-state index in [4.69, 9.17) is 5.11 Å². The fourth-order valence-electron chi connectivity index (χ4n) is 0.428. The molecule has 0 radical (unpaired) electrons. The monoisotopic (exact) mass is 226 g/mol. The molecule has 1 aromatic carbocycles. The molecule has 0 bridgehead atoms. The van der Waals surface area contributed by atoms with Gasteiger partial charge < -0.3 is 5.11 Å². The molecular weight excluding hydrogens is 216 g/mol. The van der Waals surface area contributed by atoms with E-state index in [0.29, 0.717) is 5.75 Å². The average Bonchev–Trinajstić information content (AvgIpc) is 1.69. The molecule has 0 spiro atoms. The molecule has 8 heavy (non-hydrogen) atoms. The molecule has 1 rings (SSSR count). The number of hydrogen-bond acceptors (Lipinski definition) is 1. The summed E-state index contributed by atoms with van der Waals surface area (Å²) in [5, 5.41) is 8.63. The van der Waals surface area contributed by atoms with E-state index in [0.717, 1.165) is 0 Å². The number of rotatable bonds is 0. The van der Waals surface area contributed by atoms with Crippen LogP contribution in [0.15, 0.2) is 30.3 Å². The molecule has 0 aromatic heterocycles. The normalized spacial score (nSPS) is 7.50. The van der Waals surface area contributed by atoms with Gasteiger partial charge in [0.15, 0.2) is 0 Å². The second kappa shape index (κ2) is 3.77. The average molecular weight is 224 g/mol. The van der Waals surface area contributed by atoms with Crippen LogP contribution in [0.1, 0.15) is 0 Å². The second-order valence-corrected chi connectivity index (χ2v) is 1.34. The predicted molar refractivity (Wildman–Crippen MR) is 36.7 cm³/mol. The number of phenolic OH excluding ortho intramolecular Hbond substituents is 1. The van der Waals surface area contributed by atoms with Crippen LogP contribution in [-0.4, -0.2) is 28.8 Å². The summed E-state index contributed by atoms with van der Waals surface area (Å²) in [6, 6.07) is 8.71. The summed E-state index contributed by atoms with van der Waals surface area (Å²) in [5.41, 5.74) is 0. The third-order valence-corrected chi connectivity index (χ3v) is 0.756. The first kappa shape index (κ1) is 7.81. The minimum absolute atomic E-state index is 0. The Morgan fingerprint density at radius 3 is 1.75 bits per heavy atom. The van der Waals surface area contributed by atoms with Gasteiger partial charge >= 0.3 is 23.7 Å². The second-order valence-electron chi connectivity index (χ2n) is 1.34. The number of benzene rings is 1. The number of para-hydroxylation sites is 1. The summed E-state index contributed by atoms with van der Waals surface area (Å²) >= 11 is 0. The van der Waals surface area contributed by atoms with Crippen molar-refractivity contribution in [3.63, 3.8) is 0 Å². The Kier molecular flexibility index (Phi) is 3.68. The molecule has 0 amide bonds. The van der Waals surface area contributed by atoms with Crippen molar-refractivity contribution in [2.75, 3.05) is 0 Å². The Morgan fingerprint density at radius 1 is 1.00 bits per heavy atom. The van der Waals surface area contributed by atoms with Gasteiger partial charge in [-0.2, -0.15) is 0 Å². The zero-order valence-corrected chi connectivity index (χ0v) is 7.19. The molecule has 0 aliphatic heterocycles. The van der Waals surface area contributed by atoms with Crippen LogP contribution in [0.25, 0.3) is 0 Å². The first-order valence-corrected chi connectivity index (χ1v) is 2.13. The van der Waals surface area contributed by atoms with Crippen LogP contribution < -0.4 is 0 Å². The number of aromatic hydroxyl groups is 1. The van der Waals surface area contributed by atoms with Crippen molar-refractivity contribution in [1.29, 1.82) is 0 Å². The van der Waals surface area contributed by atoms with Crippen LogP contribution >= 0.6 is 0 Å². The van der Waals surface area contributed by atoms with Crippen molar-refractivity contribution in [3.8, 4) is 5.75 Å². The third kappa shape index (κ3) is 2.20. The van der Waals surface area contributed by atoms with Gasteiger partial charge in [0.05, 0.1) is 0 Å². The van der Waals surface area contributed by atoms with Crippen molar-refractivity contribution < 1.29 is 5.11 Å². The fraction of sp³-hybridized carbons (Fsp3) is 0. The zero-order chi connectivity index (χ0) is 5.11. The van der Waals surface area contributed by atoms with Gasteiger partial charge in [0.25, 0.3) is 0 Å². The summed E-state index contributed by atoms with van der Waals surface area (Å²) in [6.07, 6.45) is 0. The van der Waals surface area contributed by atoms with Gasteiger partial charge in [0.2, 0.25) is 0 Å². The minimum atomic E-state index is 0. The molecule has 44 valence electrons. The van der Waals surface area contributed by atoms with Gasteiger partial charge in [-0.1, -0.05) is 18.2 Å². The molecule has 1 aromatic rings. The van der Waals surface area contributed by atoms with E-state index in [9.17, 15) is 0 Å². The Morgan fingerprint density at radius 2 is 1.50 bits per heavy atom. The molecule has 0 atom stereocenters. The molecular formula is C6H8OTe. The van der Waals surface area contributed by atoms with E-state index in [1.54, 1.807) is 24.3 Å². The quantitative estimate of drug-likeness (QED) is 0.635. The number of hydrogen-bond donors (Lipinski definition) is 1. The van der Waals surface area contributed by atoms with E-state index in [2.05, 4.69) is 0 Å². The summed E-state index contributed by atoms with van der Waals surface area (Å²) in [4.78, 5) is 0. The summed E-state index contributed by atoms with van der Waals surface area (Å²) in [6.45, 7) is 0. The topological polar surface area (TPSA) is 20.2 Å². The summed E-state index contributed by atoms with van der Waals surface area (Å²) < 4.78 is 0. The molecule has 1 nitrogen and oxygen atoms in total. The Balaban J connectivity index is 0.000000490. The predicted octanol–water partition coefficient (Wildman–Crippen LogP) is 0.476. The van der Waals surface area contributed by atoms with Crippen LogP contribution in [-0.2, 0) is 0 Å². The summed E-state index contributed by atoms with van der Waals surface area (Å²) in [7, 11) is 0. The summed E-state index contributed by atoms with van der Waals surface area (Å²) in [5.74, 6) is 0.322. The maximum atomic E-state index is 8.63. The van der Waals surface area contributed by atoms with Crippen molar-refractivity contribution in [2.24, 2.45) is 0 Å². The van der Waals surface area contributed by atoms with E-state index in [1.165, 1.54) is 0 Å². The van der Waals surface area contributed by atoms with Gasteiger partial charge in [-0.15, -0.1) is 0 Å². The van der Waals surface area contributed by atoms with Gasteiger partial charge in [0.1, 0.15) is 5.75 Å². The van der Waals surface area contributed by atoms with Crippen molar-refractivity contribution in [3.05, 3.63) is 30.3 Å². The van der Waals surface area contributed by atoms with Crippen LogP contribution in [0, 0.1) is 0 Å². The van der Waals surface area contributed by atoms with Gasteiger partial charge in [0, 0.05) is 0 Å². The Labute approximate surface area is 65.1 Å². The molecule has 0 saturated carbocycles. The Bertz CT molecular complexity index is 138. The molecule has 0 aliphatic rings. The van der Waals surface area contributed by atoms with E-state index in [-0.39, 0.29) is 23.7 Å². The van der Waals surface area contributed by atoms with E-state index in [1.807, 2.05) is 6.07 Å². The Hall–Kier alpha value is -0.190. The fourth-order valence-corrected chi connectivity index (χ4v) is 0.428. The van der Waals surface area contributed by atoms with Crippen molar-refractivity contribution in [2.45, 2.75) is 0 Å². The van der Waals surface area contributed by atoms with Gasteiger partial charge in [-0.3, -0.25) is 0 Å². The third-order valence-electron chi connectivity index (χ3n) is 0.756. The number of phenols is 1. The van der Waals surface area contributed by atoms with Crippen molar-refractivity contribution in [1.82, 2.24) is 0 Å². The first-order valence-electron chi connectivity index (χ1n) is 2.13. The molecule has 0 unspecified atom stereocenters. The molecule has 0 heterocycles. The van der Waals surface area contributed by atoms with Crippen molar-refractivity contribution >= 4 is 23.7 Å². The standard InChI is InChI=1S/C6H6O.H2Te/c7-6-4-2-1-3-5-6;/h1-5,7H;1H2. The molecule has 0 aliphatic carbocycles. The van der Waals surface area contributed by atoms with E-state index < -0.39 is 0 Å². The SMILES string of the molecule is Oc1ccccc1.[TeH2]. The first-order chi connectivity index (χ1) is 3.39. The molecule has 2 heteroatoms. The zero-order valence-electron chi connectivity index (χ0n) is 4.33. The molecule has 1 N–H and O–H groups in total. The van der Waals surface area contributed by atoms with Crippen LogP contribution in [0.4, 0.5) is 0 Å². The van der Waals surface area contributed by atoms with E-state index >= 15 is 0 Å². The van der Waals surface area contributed by atoms with Crippen LogP contribution in [0.3, 0.4) is 0 Å². The van der Waals surface area contributed by atoms with Gasteiger partial charge in [-0.05, 0) is 12.1 Å². The maximum absolute atomic E-state index is 8.63. The molecule has 0 saturated heterocycles. The van der Waals surface area contributed by atoms with Crippen LogP contribution in [0.5, 0.6) is 5.75 Å². The van der Waals surface area contributed by atoms with Crippen LogP contribution in [0.2, 0.25) is 0 Å². The molecule has 0 fully saturated rings.